The third kappa shape index (κ3) is 5.35. The molecule has 0 aliphatic heterocycles. The van der Waals surface area contributed by atoms with Crippen LogP contribution in [0.2, 0.25) is 0 Å². The molecule has 0 saturated heterocycles. The first-order valence-electron chi connectivity index (χ1n) is 3.44. The van der Waals surface area contributed by atoms with Crippen LogP contribution in [0.15, 0.2) is 12.3 Å². The molecule has 58 valence electrons. The van der Waals surface area contributed by atoms with E-state index in [1.807, 2.05) is 6.08 Å². The Labute approximate surface area is 61.9 Å². The summed E-state index contributed by atoms with van der Waals surface area (Å²) in [5, 5.41) is 0. The Morgan fingerprint density at radius 3 is 2.80 bits per heavy atom. The maximum absolute atomic E-state index is 9.93. The van der Waals surface area contributed by atoms with Crippen LogP contribution in [0.3, 0.4) is 0 Å². The summed E-state index contributed by atoms with van der Waals surface area (Å²) in [6, 6.07) is 0. The third-order valence-corrected chi connectivity index (χ3v) is 1.28. The Bertz CT molecular complexity index is 108. The topological polar surface area (TPSA) is 26.3 Å². The van der Waals surface area contributed by atoms with Gasteiger partial charge in [0.15, 0.2) is 0 Å². The van der Waals surface area contributed by atoms with Crippen molar-refractivity contribution in [1.82, 2.24) is 0 Å². The number of methoxy groups -OCH3 is 1. The van der Waals surface area contributed by atoms with Crippen molar-refractivity contribution in [2.75, 3.05) is 7.11 Å². The van der Waals surface area contributed by atoms with Crippen LogP contribution in [-0.2, 0) is 9.53 Å². The second-order valence-corrected chi connectivity index (χ2v) is 2.29. The predicted molar refractivity (Wildman–Crippen MR) is 40.6 cm³/mol. The van der Waals surface area contributed by atoms with Gasteiger partial charge < -0.3 is 9.53 Å². The minimum Gasteiger partial charge on any atom is -0.505 e. The number of rotatable bonds is 5. The van der Waals surface area contributed by atoms with Gasteiger partial charge in [0.2, 0.25) is 0 Å². The zero-order valence-corrected chi connectivity index (χ0v) is 6.54. The van der Waals surface area contributed by atoms with Crippen LogP contribution < -0.4 is 0 Å². The molecule has 0 radical (unpaired) electrons. The van der Waals surface area contributed by atoms with Crippen molar-refractivity contribution in [2.45, 2.75) is 19.8 Å². The molecule has 0 aliphatic carbocycles. The van der Waals surface area contributed by atoms with E-state index in [9.17, 15) is 4.79 Å². The van der Waals surface area contributed by atoms with Gasteiger partial charge in [0, 0.05) is 6.42 Å². The lowest BCUT2D eigenvalue weighted by Crippen LogP contribution is -1.89. The van der Waals surface area contributed by atoms with Crippen molar-refractivity contribution in [3.8, 4) is 0 Å². The molecule has 0 aliphatic rings. The summed E-state index contributed by atoms with van der Waals surface area (Å²) in [4.78, 5) is 9.93. The summed E-state index contributed by atoms with van der Waals surface area (Å²) in [6.07, 6.45) is 6.08. The molecule has 0 saturated carbocycles. The van der Waals surface area contributed by atoms with Gasteiger partial charge in [-0.3, -0.25) is 0 Å². The molecule has 0 aromatic heterocycles. The molecule has 0 spiro atoms. The monoisotopic (exact) mass is 142 g/mol. The number of ether oxygens (including phenoxy) is 1. The second-order valence-electron chi connectivity index (χ2n) is 2.29. The lowest BCUT2D eigenvalue weighted by molar-refractivity contribution is -0.108. The van der Waals surface area contributed by atoms with Gasteiger partial charge in [0.25, 0.3) is 0 Å². The van der Waals surface area contributed by atoms with E-state index in [0.717, 1.165) is 12.7 Å². The number of carbonyl (C=O) groups is 1. The van der Waals surface area contributed by atoms with E-state index < -0.39 is 0 Å². The molecule has 0 amide bonds. The first kappa shape index (κ1) is 9.21. The van der Waals surface area contributed by atoms with Gasteiger partial charge in [-0.1, -0.05) is 6.92 Å². The molecular formula is C8H14O2. The van der Waals surface area contributed by atoms with Crippen LogP contribution >= 0.6 is 0 Å². The molecule has 0 unspecified atom stereocenters. The van der Waals surface area contributed by atoms with E-state index >= 15 is 0 Å². The Kier molecular flexibility index (Phi) is 5.83. The zero-order chi connectivity index (χ0) is 7.82. The minimum atomic E-state index is 0.435. The number of hydrogen-bond acceptors (Lipinski definition) is 2. The van der Waals surface area contributed by atoms with Crippen LogP contribution in [-0.4, -0.2) is 13.4 Å². The Hall–Kier alpha value is -0.790. The zero-order valence-electron chi connectivity index (χ0n) is 6.54. The van der Waals surface area contributed by atoms with Crippen LogP contribution in [0.4, 0.5) is 0 Å². The standard InChI is InChI=1S/C8H14O2/c1-8(4-3-6-9)5-7-10-2/h5-8H,3-4H2,1-2H3/b7-5+/t8-/m1/s1. The predicted octanol–water partition coefficient (Wildman–Crippen LogP) is 1.76. The highest BCUT2D eigenvalue weighted by molar-refractivity contribution is 5.49. The third-order valence-electron chi connectivity index (χ3n) is 1.28. The molecule has 0 rings (SSSR count). The Morgan fingerprint density at radius 2 is 2.30 bits per heavy atom. The molecule has 0 heterocycles. The molecule has 1 atom stereocenters. The molecular weight excluding hydrogens is 128 g/mol. The fraction of sp³-hybridized carbons (Fsp3) is 0.625. The van der Waals surface area contributed by atoms with Gasteiger partial charge >= 0.3 is 0 Å². The van der Waals surface area contributed by atoms with E-state index in [1.165, 1.54) is 0 Å². The average Bonchev–Trinajstić information content (AvgIpc) is 1.97. The molecule has 0 N–H and O–H groups in total. The van der Waals surface area contributed by atoms with Gasteiger partial charge in [0.1, 0.15) is 6.29 Å². The van der Waals surface area contributed by atoms with E-state index in [4.69, 9.17) is 4.74 Å². The van der Waals surface area contributed by atoms with Gasteiger partial charge in [-0.15, -0.1) is 0 Å². The quantitative estimate of drug-likeness (QED) is 0.432. The van der Waals surface area contributed by atoms with E-state index in [-0.39, 0.29) is 0 Å². The van der Waals surface area contributed by atoms with E-state index in [1.54, 1.807) is 13.4 Å². The molecule has 10 heavy (non-hydrogen) atoms. The lowest BCUT2D eigenvalue weighted by atomic mass is 10.1. The van der Waals surface area contributed by atoms with E-state index in [0.29, 0.717) is 12.3 Å². The normalized spacial score (nSPS) is 13.4. The number of carbonyl (C=O) groups excluding carboxylic acids is 1. The summed E-state index contributed by atoms with van der Waals surface area (Å²) < 4.78 is 4.72. The van der Waals surface area contributed by atoms with Gasteiger partial charge in [-0.05, 0) is 18.4 Å². The number of hydrogen-bond donors (Lipinski definition) is 0. The van der Waals surface area contributed by atoms with E-state index in [2.05, 4.69) is 6.92 Å². The Morgan fingerprint density at radius 1 is 1.60 bits per heavy atom. The summed E-state index contributed by atoms with van der Waals surface area (Å²) in [6.45, 7) is 2.05. The Balaban J connectivity index is 3.32. The second kappa shape index (κ2) is 6.33. The highest BCUT2D eigenvalue weighted by Crippen LogP contribution is 2.04. The van der Waals surface area contributed by atoms with Crippen LogP contribution in [0, 0.1) is 5.92 Å². The maximum Gasteiger partial charge on any atom is 0.120 e. The first-order valence-corrected chi connectivity index (χ1v) is 3.44. The van der Waals surface area contributed by atoms with Crippen LogP contribution in [0.5, 0.6) is 0 Å². The van der Waals surface area contributed by atoms with Crippen molar-refractivity contribution >= 4 is 6.29 Å². The minimum absolute atomic E-state index is 0.435. The van der Waals surface area contributed by atoms with Crippen molar-refractivity contribution in [2.24, 2.45) is 5.92 Å². The SMILES string of the molecule is CO/C=C/[C@H](C)CCC=O. The fourth-order valence-corrected chi connectivity index (χ4v) is 0.640. The van der Waals surface area contributed by atoms with Crippen LogP contribution in [0.25, 0.3) is 0 Å². The summed E-state index contributed by atoms with van der Waals surface area (Å²) in [5.74, 6) is 0.435. The molecule has 0 aromatic rings. The molecule has 2 heteroatoms. The van der Waals surface area contributed by atoms with Crippen molar-refractivity contribution in [3.63, 3.8) is 0 Å². The average molecular weight is 142 g/mol. The molecule has 0 aromatic carbocycles. The molecule has 0 fully saturated rings. The van der Waals surface area contributed by atoms with Crippen molar-refractivity contribution in [3.05, 3.63) is 12.3 Å². The number of aldehydes is 1. The highest BCUT2D eigenvalue weighted by Gasteiger charge is 1.94. The largest absolute Gasteiger partial charge is 0.505 e. The smallest absolute Gasteiger partial charge is 0.120 e. The number of allylic oxidation sites excluding steroid dienone is 1. The van der Waals surface area contributed by atoms with Gasteiger partial charge in [-0.25, -0.2) is 0 Å². The highest BCUT2D eigenvalue weighted by atomic mass is 16.5. The lowest BCUT2D eigenvalue weighted by Gasteiger charge is -2.00. The van der Waals surface area contributed by atoms with Gasteiger partial charge in [0.05, 0.1) is 13.4 Å². The van der Waals surface area contributed by atoms with Crippen LogP contribution in [0.1, 0.15) is 19.8 Å². The first-order chi connectivity index (χ1) is 4.81. The van der Waals surface area contributed by atoms with Crippen molar-refractivity contribution in [1.29, 1.82) is 0 Å². The van der Waals surface area contributed by atoms with Gasteiger partial charge in [-0.2, -0.15) is 0 Å². The van der Waals surface area contributed by atoms with Crippen molar-refractivity contribution < 1.29 is 9.53 Å². The fourth-order valence-electron chi connectivity index (χ4n) is 0.640. The summed E-state index contributed by atoms with van der Waals surface area (Å²) in [5.41, 5.74) is 0. The summed E-state index contributed by atoms with van der Waals surface area (Å²) >= 11 is 0. The summed E-state index contributed by atoms with van der Waals surface area (Å²) in [7, 11) is 1.61. The molecule has 0 bridgehead atoms. The molecule has 2 nitrogen and oxygen atoms in total. The maximum atomic E-state index is 9.93.